The normalized spacial score (nSPS) is 16.2. The number of ether oxygens (including phenoxy) is 2. The molecule has 0 amide bonds. The van der Waals surface area contributed by atoms with Crippen LogP contribution in [0.5, 0.6) is 11.5 Å². The first-order chi connectivity index (χ1) is 14.4. The van der Waals surface area contributed by atoms with Crippen molar-refractivity contribution in [3.8, 4) is 17.2 Å². The Hall–Kier alpha value is -3.96. The molecule has 2 aromatic carbocycles. The number of fused-ring (bicyclic) bond motifs is 2. The molecule has 0 saturated heterocycles. The van der Waals surface area contributed by atoms with Crippen molar-refractivity contribution in [3.05, 3.63) is 57.9 Å². The number of hydrogen-bond donors (Lipinski definition) is 1. The molecule has 0 aliphatic carbocycles. The van der Waals surface area contributed by atoms with Crippen molar-refractivity contribution in [2.75, 3.05) is 0 Å². The summed E-state index contributed by atoms with van der Waals surface area (Å²) in [6.07, 6.45) is -9.87. The predicted octanol–water partition coefficient (Wildman–Crippen LogP) is 3.24. The minimum Gasteiger partial charge on any atom is -0.476 e. The van der Waals surface area contributed by atoms with Crippen molar-refractivity contribution in [1.82, 2.24) is 9.78 Å². The molecule has 2 heterocycles. The van der Waals surface area contributed by atoms with Crippen molar-refractivity contribution >= 4 is 22.7 Å². The maximum atomic E-state index is 13.5. The maximum Gasteiger partial charge on any atom is 0.507 e. The summed E-state index contributed by atoms with van der Waals surface area (Å²) in [5.74, 6) is -3.67. The van der Waals surface area contributed by atoms with Gasteiger partial charge in [-0.2, -0.15) is 22.7 Å². The lowest BCUT2D eigenvalue weighted by atomic mass is 10.0. The van der Waals surface area contributed by atoms with E-state index >= 15 is 0 Å². The van der Waals surface area contributed by atoms with Gasteiger partial charge in [0.05, 0.1) is 16.6 Å². The fourth-order valence-electron chi connectivity index (χ4n) is 3.09. The summed E-state index contributed by atoms with van der Waals surface area (Å²) in [6, 6.07) is 6.95. The predicted molar refractivity (Wildman–Crippen MR) is 95.5 cm³/mol. The smallest absolute Gasteiger partial charge is 0.476 e. The van der Waals surface area contributed by atoms with E-state index in [0.29, 0.717) is 0 Å². The Balaban J connectivity index is 2.01. The van der Waals surface area contributed by atoms with Gasteiger partial charge in [-0.25, -0.2) is 9.48 Å². The second-order valence-electron chi connectivity index (χ2n) is 6.52. The Bertz CT molecular complexity index is 1330. The van der Waals surface area contributed by atoms with Gasteiger partial charge in [0, 0.05) is 11.6 Å². The van der Waals surface area contributed by atoms with Crippen LogP contribution in [0.3, 0.4) is 0 Å². The lowest BCUT2D eigenvalue weighted by Crippen LogP contribution is -2.52. The average Bonchev–Trinajstić information content (AvgIpc) is 2.67. The quantitative estimate of drug-likeness (QED) is 0.494. The summed E-state index contributed by atoms with van der Waals surface area (Å²) in [5.41, 5.74) is -2.17. The van der Waals surface area contributed by atoms with Gasteiger partial charge < -0.3 is 14.6 Å². The number of carboxylic acid groups (broad SMARTS) is 1. The molecule has 0 unspecified atom stereocenters. The Morgan fingerprint density at radius 1 is 1.03 bits per heavy atom. The highest BCUT2D eigenvalue weighted by molar-refractivity contribution is 6.07. The van der Waals surface area contributed by atoms with Crippen LogP contribution in [0.2, 0.25) is 0 Å². The molecule has 1 aromatic heterocycles. The van der Waals surface area contributed by atoms with Crippen LogP contribution in [0.1, 0.15) is 27.8 Å². The van der Waals surface area contributed by atoms with Gasteiger partial charge >= 0.3 is 18.2 Å². The molecular formula is C19H10F4N2O6. The number of Topliss-reactive ketones (excluding diaryl/α,β-unsaturated/α-hetero) is 1. The van der Waals surface area contributed by atoms with E-state index in [1.54, 1.807) is 0 Å². The fourth-order valence-corrected chi connectivity index (χ4v) is 3.09. The Labute approximate surface area is 169 Å². The molecule has 0 fully saturated rings. The Kier molecular flexibility index (Phi) is 4.27. The third-order valence-corrected chi connectivity index (χ3v) is 4.48. The van der Waals surface area contributed by atoms with E-state index in [1.165, 1.54) is 25.1 Å². The minimum atomic E-state index is -4.97. The van der Waals surface area contributed by atoms with E-state index < -0.39 is 46.6 Å². The Morgan fingerprint density at radius 3 is 2.29 bits per heavy atom. The number of carbonyl (C=O) groups is 2. The number of aromatic nitrogens is 2. The van der Waals surface area contributed by atoms with Gasteiger partial charge in [-0.15, -0.1) is 0 Å². The topological polar surface area (TPSA) is 108 Å². The van der Waals surface area contributed by atoms with Gasteiger partial charge in [-0.05, 0) is 25.1 Å². The highest BCUT2D eigenvalue weighted by atomic mass is 19.3. The highest BCUT2D eigenvalue weighted by Crippen LogP contribution is 2.47. The van der Waals surface area contributed by atoms with E-state index in [9.17, 15) is 37.1 Å². The molecule has 8 nitrogen and oxygen atoms in total. The molecule has 12 heteroatoms. The Morgan fingerprint density at radius 2 is 1.68 bits per heavy atom. The van der Waals surface area contributed by atoms with E-state index in [2.05, 4.69) is 14.6 Å². The molecule has 1 aliphatic rings. The van der Waals surface area contributed by atoms with Crippen LogP contribution < -0.4 is 14.9 Å². The summed E-state index contributed by atoms with van der Waals surface area (Å²) in [4.78, 5) is 36.1. The van der Waals surface area contributed by atoms with Gasteiger partial charge in [0.1, 0.15) is 0 Å². The van der Waals surface area contributed by atoms with E-state index in [0.717, 1.165) is 22.9 Å². The number of hydrogen-bond acceptors (Lipinski definition) is 6. The summed E-state index contributed by atoms with van der Waals surface area (Å²) in [6.45, 7) is 1.17. The van der Waals surface area contributed by atoms with Gasteiger partial charge in [-0.3, -0.25) is 9.59 Å². The van der Waals surface area contributed by atoms with E-state index in [1.807, 2.05) is 0 Å². The molecule has 0 radical (unpaired) electrons. The molecule has 1 N–H and O–H groups in total. The third kappa shape index (κ3) is 3.07. The number of alkyl halides is 4. The zero-order valence-electron chi connectivity index (χ0n) is 15.4. The minimum absolute atomic E-state index is 0.0172. The monoisotopic (exact) mass is 438 g/mol. The summed E-state index contributed by atoms with van der Waals surface area (Å²) in [7, 11) is 0. The van der Waals surface area contributed by atoms with Crippen molar-refractivity contribution < 1.29 is 41.7 Å². The van der Waals surface area contributed by atoms with Gasteiger partial charge in [0.25, 0.3) is 0 Å². The molecule has 160 valence electrons. The van der Waals surface area contributed by atoms with Gasteiger partial charge in [0.15, 0.2) is 17.3 Å². The van der Waals surface area contributed by atoms with Crippen molar-refractivity contribution in [1.29, 1.82) is 0 Å². The molecule has 4 rings (SSSR count). The van der Waals surface area contributed by atoms with Crippen molar-refractivity contribution in [2.24, 2.45) is 0 Å². The highest BCUT2D eigenvalue weighted by Gasteiger charge is 2.65. The molecule has 31 heavy (non-hydrogen) atoms. The number of ketones is 1. The summed E-state index contributed by atoms with van der Waals surface area (Å²) >= 11 is 0. The largest absolute Gasteiger partial charge is 0.507 e. The standard InChI is InChI=1S/C19H10F4N2O6/c1-8(26)10-3-2-4-11-14(10)16(27)15(17(28)29)24-25(11)9-5-6-12-13(7-9)31-19(22,23)18(20,21)30-12/h2-7H,1H3,(H,28,29). The van der Waals surface area contributed by atoms with E-state index in [-0.39, 0.29) is 22.2 Å². The lowest BCUT2D eigenvalue weighted by molar-refractivity contribution is -0.391. The number of benzene rings is 2. The number of carbonyl (C=O) groups excluding carboxylic acids is 1. The first-order valence-corrected chi connectivity index (χ1v) is 8.51. The zero-order valence-corrected chi connectivity index (χ0v) is 15.4. The van der Waals surface area contributed by atoms with Crippen LogP contribution in [-0.4, -0.2) is 38.9 Å². The fraction of sp³-hybridized carbons (Fsp3) is 0.158. The zero-order chi connectivity index (χ0) is 22.7. The molecule has 1 aliphatic heterocycles. The first-order valence-electron chi connectivity index (χ1n) is 8.51. The number of rotatable bonds is 3. The van der Waals surface area contributed by atoms with Crippen LogP contribution in [0.4, 0.5) is 17.6 Å². The second kappa shape index (κ2) is 6.52. The molecule has 0 spiro atoms. The van der Waals surface area contributed by atoms with Crippen molar-refractivity contribution in [3.63, 3.8) is 0 Å². The average molecular weight is 438 g/mol. The van der Waals surface area contributed by atoms with Crippen LogP contribution >= 0.6 is 0 Å². The lowest BCUT2D eigenvalue weighted by Gasteiger charge is -2.32. The SMILES string of the molecule is CC(=O)c1cccc2c1c(=O)c(C(=O)O)nn2-c1ccc2c(c1)OC(F)(F)C(F)(F)O2. The molecular weight excluding hydrogens is 428 g/mol. The second-order valence-corrected chi connectivity index (χ2v) is 6.52. The first kappa shape index (κ1) is 20.3. The van der Waals surface area contributed by atoms with Crippen LogP contribution in [0.25, 0.3) is 16.6 Å². The third-order valence-electron chi connectivity index (χ3n) is 4.48. The molecule has 0 saturated carbocycles. The van der Waals surface area contributed by atoms with Gasteiger partial charge in [0.2, 0.25) is 11.1 Å². The van der Waals surface area contributed by atoms with Crippen LogP contribution in [0.15, 0.2) is 41.2 Å². The van der Waals surface area contributed by atoms with E-state index in [4.69, 9.17) is 0 Å². The van der Waals surface area contributed by atoms with Crippen molar-refractivity contribution in [2.45, 2.75) is 19.1 Å². The summed E-state index contributed by atoms with van der Waals surface area (Å²) < 4.78 is 62.8. The molecule has 0 bridgehead atoms. The van der Waals surface area contributed by atoms with Gasteiger partial charge in [-0.1, -0.05) is 12.1 Å². The number of carboxylic acids is 1. The molecule has 0 atom stereocenters. The number of aromatic carboxylic acids is 1. The summed E-state index contributed by atoms with van der Waals surface area (Å²) in [5, 5.41) is 12.8. The van der Waals surface area contributed by atoms with Crippen LogP contribution in [0, 0.1) is 0 Å². The maximum absolute atomic E-state index is 13.5. The molecule has 3 aromatic rings. The number of halogens is 4. The van der Waals surface area contributed by atoms with Crippen LogP contribution in [-0.2, 0) is 0 Å². The number of nitrogens with zero attached hydrogens (tertiary/aromatic N) is 2.